The first-order valence-electron chi connectivity index (χ1n) is 13.8. The van der Waals surface area contributed by atoms with Crippen LogP contribution in [0.2, 0.25) is 5.02 Å². The number of carbonyl (C=O) groups is 1. The maximum atomic E-state index is 13.1. The second kappa shape index (κ2) is 11.6. The normalized spacial score (nSPS) is 18.4. The Morgan fingerprint density at radius 2 is 1.78 bits per heavy atom. The van der Waals surface area contributed by atoms with E-state index in [1.807, 2.05) is 39.8 Å². The van der Waals surface area contributed by atoms with Gasteiger partial charge in [0.25, 0.3) is 5.91 Å². The number of piperazine rings is 1. The molecule has 10 heteroatoms. The Morgan fingerprint density at radius 3 is 2.41 bits per heavy atom. The molecule has 3 aromatic rings. The molecule has 0 atom stereocenters. The summed E-state index contributed by atoms with van der Waals surface area (Å²) in [5.74, 6) is 1.15. The monoisotopic (exact) mass is 574 g/mol. The lowest BCUT2D eigenvalue weighted by Gasteiger charge is -2.45. The van der Waals surface area contributed by atoms with Gasteiger partial charge < -0.3 is 25.0 Å². The second-order valence-electron chi connectivity index (χ2n) is 11.7. The van der Waals surface area contributed by atoms with Crippen LogP contribution in [0.3, 0.4) is 0 Å². The number of benzene rings is 2. The van der Waals surface area contributed by atoms with Crippen LogP contribution in [0, 0.1) is 11.3 Å². The van der Waals surface area contributed by atoms with Gasteiger partial charge in [-0.3, -0.25) is 4.79 Å². The molecule has 2 N–H and O–H groups in total. The maximum absolute atomic E-state index is 13.1. The zero-order valence-corrected chi connectivity index (χ0v) is 24.6. The summed E-state index contributed by atoms with van der Waals surface area (Å²) in [5.41, 5.74) is 1.48. The highest BCUT2D eigenvalue weighted by Gasteiger charge is 2.39. The van der Waals surface area contributed by atoms with E-state index in [1.165, 1.54) is 0 Å². The Kier molecular flexibility index (Phi) is 8.18. The maximum Gasteiger partial charge on any atom is 0.251 e. The topological polar surface area (TPSA) is 112 Å². The minimum absolute atomic E-state index is 0.0215. The van der Waals surface area contributed by atoms with Crippen molar-refractivity contribution in [3.8, 4) is 28.7 Å². The van der Waals surface area contributed by atoms with Crippen LogP contribution >= 0.6 is 11.6 Å². The molecule has 2 aliphatic rings. The third-order valence-electron chi connectivity index (χ3n) is 7.26. The Morgan fingerprint density at radius 1 is 1.10 bits per heavy atom. The fraction of sp³-hybridized carbons (Fsp3) is 0.419. The highest BCUT2D eigenvalue weighted by atomic mass is 35.5. The summed E-state index contributed by atoms with van der Waals surface area (Å²) >= 11 is 6.56. The molecule has 41 heavy (non-hydrogen) atoms. The lowest BCUT2D eigenvalue weighted by atomic mass is 9.85. The van der Waals surface area contributed by atoms with E-state index in [-0.39, 0.29) is 28.2 Å². The Hall–Kier alpha value is -3.71. The summed E-state index contributed by atoms with van der Waals surface area (Å²) in [4.78, 5) is 24.3. The Balaban J connectivity index is 1.31. The second-order valence-corrected chi connectivity index (χ2v) is 12.2. The minimum Gasteiger partial charge on any atom is -0.454 e. The van der Waals surface area contributed by atoms with Crippen LogP contribution in [0.25, 0.3) is 11.1 Å². The van der Waals surface area contributed by atoms with Gasteiger partial charge in [0.05, 0.1) is 16.2 Å². The SMILES string of the molecule is CC1(C)CC(NC(=O)c2ccc(Oc3cccc(-c4cnc(N5CCNCC5)nc4)c3C#N)c(Cl)c2)CC(C)(C)O1. The summed E-state index contributed by atoms with van der Waals surface area (Å²) in [6.07, 6.45) is 4.89. The molecule has 214 valence electrons. The van der Waals surface area contributed by atoms with Gasteiger partial charge in [0.1, 0.15) is 23.1 Å². The molecule has 9 nitrogen and oxygen atoms in total. The molecule has 2 aromatic carbocycles. The largest absolute Gasteiger partial charge is 0.454 e. The number of carbonyl (C=O) groups excluding carboxylic acids is 1. The van der Waals surface area contributed by atoms with E-state index in [1.54, 1.807) is 36.7 Å². The first-order valence-corrected chi connectivity index (χ1v) is 14.2. The van der Waals surface area contributed by atoms with Crippen LogP contribution in [0.5, 0.6) is 11.5 Å². The lowest BCUT2D eigenvalue weighted by Crippen LogP contribution is -2.52. The van der Waals surface area contributed by atoms with Gasteiger partial charge in [-0.05, 0) is 64.8 Å². The number of aromatic nitrogens is 2. The molecular weight excluding hydrogens is 540 g/mol. The number of hydrogen-bond donors (Lipinski definition) is 2. The highest BCUT2D eigenvalue weighted by molar-refractivity contribution is 6.32. The van der Waals surface area contributed by atoms with Crippen molar-refractivity contribution in [2.24, 2.45) is 0 Å². The predicted octanol–water partition coefficient (Wildman–Crippen LogP) is 5.34. The summed E-state index contributed by atoms with van der Waals surface area (Å²) in [6, 6.07) is 12.5. The van der Waals surface area contributed by atoms with E-state index in [0.29, 0.717) is 52.5 Å². The zero-order valence-electron chi connectivity index (χ0n) is 23.8. The van der Waals surface area contributed by atoms with Crippen molar-refractivity contribution in [2.75, 3.05) is 31.1 Å². The smallest absolute Gasteiger partial charge is 0.251 e. The molecule has 2 aliphatic heterocycles. The third-order valence-corrected chi connectivity index (χ3v) is 7.56. The Bertz CT molecular complexity index is 1450. The number of nitrogens with one attached hydrogen (secondary N) is 2. The average molecular weight is 575 g/mol. The van der Waals surface area contributed by atoms with Crippen molar-refractivity contribution in [2.45, 2.75) is 57.8 Å². The predicted molar refractivity (Wildman–Crippen MR) is 159 cm³/mol. The van der Waals surface area contributed by atoms with E-state index >= 15 is 0 Å². The van der Waals surface area contributed by atoms with Crippen molar-refractivity contribution < 1.29 is 14.3 Å². The number of nitrogens with zero attached hydrogens (tertiary/aromatic N) is 4. The van der Waals surface area contributed by atoms with Crippen LogP contribution in [-0.2, 0) is 4.74 Å². The third kappa shape index (κ3) is 6.79. The highest BCUT2D eigenvalue weighted by Crippen LogP contribution is 2.37. The van der Waals surface area contributed by atoms with Gasteiger partial charge in [-0.25, -0.2) is 9.97 Å². The van der Waals surface area contributed by atoms with Crippen LogP contribution in [0.4, 0.5) is 5.95 Å². The van der Waals surface area contributed by atoms with Gasteiger partial charge in [-0.2, -0.15) is 5.26 Å². The summed E-state index contributed by atoms with van der Waals surface area (Å²) in [5, 5.41) is 16.7. The molecule has 0 spiro atoms. The molecular formula is C31H35ClN6O3. The summed E-state index contributed by atoms with van der Waals surface area (Å²) in [7, 11) is 0. The summed E-state index contributed by atoms with van der Waals surface area (Å²) < 4.78 is 12.2. The fourth-order valence-electron chi connectivity index (χ4n) is 5.76. The number of anilines is 1. The number of halogens is 1. The number of amides is 1. The van der Waals surface area contributed by atoms with Crippen LogP contribution in [0.15, 0.2) is 48.8 Å². The molecule has 0 radical (unpaired) electrons. The first-order chi connectivity index (χ1) is 19.5. The number of ether oxygens (including phenoxy) is 2. The van der Waals surface area contributed by atoms with Crippen molar-refractivity contribution >= 4 is 23.5 Å². The number of nitriles is 1. The van der Waals surface area contributed by atoms with Crippen LogP contribution in [-0.4, -0.2) is 59.3 Å². The molecule has 0 unspecified atom stereocenters. The molecule has 5 rings (SSSR count). The van der Waals surface area contributed by atoms with Crippen molar-refractivity contribution in [3.63, 3.8) is 0 Å². The average Bonchev–Trinajstić information content (AvgIpc) is 2.93. The van der Waals surface area contributed by atoms with Gasteiger partial charge in [0, 0.05) is 61.3 Å². The zero-order chi connectivity index (χ0) is 29.2. The molecule has 2 fully saturated rings. The van der Waals surface area contributed by atoms with Crippen molar-refractivity contribution in [1.82, 2.24) is 20.6 Å². The Labute approximate surface area is 245 Å². The molecule has 1 amide bonds. The molecule has 2 saturated heterocycles. The minimum atomic E-state index is -0.332. The van der Waals surface area contributed by atoms with Crippen LogP contribution in [0.1, 0.15) is 56.5 Å². The van der Waals surface area contributed by atoms with Gasteiger partial charge in [-0.1, -0.05) is 23.7 Å². The summed E-state index contributed by atoms with van der Waals surface area (Å²) in [6.45, 7) is 11.6. The van der Waals surface area contributed by atoms with Crippen LogP contribution < -0.4 is 20.3 Å². The fourth-order valence-corrected chi connectivity index (χ4v) is 5.98. The first kappa shape index (κ1) is 28.8. The molecule has 1 aromatic heterocycles. The number of rotatable bonds is 6. The molecule has 0 aliphatic carbocycles. The quantitative estimate of drug-likeness (QED) is 0.406. The molecule has 3 heterocycles. The van der Waals surface area contributed by atoms with E-state index in [2.05, 4.69) is 31.6 Å². The van der Waals surface area contributed by atoms with Gasteiger partial charge >= 0.3 is 0 Å². The lowest BCUT2D eigenvalue weighted by molar-refractivity contribution is -0.162. The number of hydrogen-bond acceptors (Lipinski definition) is 8. The van der Waals surface area contributed by atoms with E-state index < -0.39 is 0 Å². The standard InChI is InChI=1S/C31H35ClN6O3/c1-30(2)15-22(16-31(3,4)41-30)37-28(39)20-8-9-27(25(32)14-20)40-26-7-5-6-23(24(26)17-33)21-18-35-29(36-19-21)38-12-10-34-11-13-38/h5-9,14,18-19,22,34H,10-13,15-16H2,1-4H3,(H,37,39). The van der Waals surface area contributed by atoms with Gasteiger partial charge in [0.2, 0.25) is 5.95 Å². The van der Waals surface area contributed by atoms with E-state index in [4.69, 9.17) is 21.1 Å². The van der Waals surface area contributed by atoms with E-state index in [0.717, 1.165) is 26.2 Å². The van der Waals surface area contributed by atoms with Gasteiger partial charge in [0.15, 0.2) is 0 Å². The molecule has 0 bridgehead atoms. The molecule has 0 saturated carbocycles. The van der Waals surface area contributed by atoms with E-state index in [9.17, 15) is 10.1 Å². The van der Waals surface area contributed by atoms with Crippen molar-refractivity contribution in [3.05, 3.63) is 64.9 Å². The van der Waals surface area contributed by atoms with Gasteiger partial charge in [-0.15, -0.1) is 0 Å². The van der Waals surface area contributed by atoms with Crippen molar-refractivity contribution in [1.29, 1.82) is 5.26 Å².